The summed E-state index contributed by atoms with van der Waals surface area (Å²) in [5.74, 6) is 0.582. The van der Waals surface area contributed by atoms with Crippen LogP contribution in [-0.2, 0) is 0 Å². The van der Waals surface area contributed by atoms with Crippen LogP contribution in [0, 0.1) is 5.92 Å². The summed E-state index contributed by atoms with van der Waals surface area (Å²) in [4.78, 5) is 17.8. The zero-order chi connectivity index (χ0) is 10.5. The molecular formula is C11H13N3O. The molecule has 1 aromatic rings. The molecule has 1 aliphatic carbocycles. The number of nitrogens with two attached hydrogens (primary N) is 1. The highest BCUT2D eigenvalue weighted by Crippen LogP contribution is 2.47. The summed E-state index contributed by atoms with van der Waals surface area (Å²) in [6.45, 7) is 1.51. The van der Waals surface area contributed by atoms with E-state index in [9.17, 15) is 4.79 Å². The van der Waals surface area contributed by atoms with Gasteiger partial charge in [0.25, 0.3) is 5.91 Å². The van der Waals surface area contributed by atoms with E-state index < -0.39 is 0 Å². The zero-order valence-electron chi connectivity index (χ0n) is 8.39. The van der Waals surface area contributed by atoms with Gasteiger partial charge in [0, 0.05) is 31.0 Å². The first-order valence-corrected chi connectivity index (χ1v) is 5.17. The molecule has 1 aliphatic heterocycles. The molecule has 0 aromatic carbocycles. The lowest BCUT2D eigenvalue weighted by Gasteiger charge is -2.19. The Balaban J connectivity index is 1.77. The maximum Gasteiger partial charge on any atom is 0.255 e. The number of amides is 1. The topological polar surface area (TPSA) is 59.2 Å². The van der Waals surface area contributed by atoms with Crippen LogP contribution in [0.4, 0.5) is 0 Å². The molecule has 1 amide bonds. The van der Waals surface area contributed by atoms with Crippen LogP contribution < -0.4 is 5.73 Å². The highest BCUT2D eigenvalue weighted by atomic mass is 16.2. The number of fused-ring (bicyclic) bond motifs is 1. The van der Waals surface area contributed by atoms with E-state index in [1.165, 1.54) is 0 Å². The van der Waals surface area contributed by atoms with Crippen LogP contribution in [0.2, 0.25) is 0 Å². The highest BCUT2D eigenvalue weighted by molar-refractivity contribution is 5.94. The van der Waals surface area contributed by atoms with E-state index in [0.29, 0.717) is 18.0 Å². The molecule has 2 N–H and O–H groups in total. The number of carbonyl (C=O) groups excluding carboxylic acids is 1. The minimum Gasteiger partial charge on any atom is -0.336 e. The molecule has 2 aliphatic rings. The van der Waals surface area contributed by atoms with E-state index >= 15 is 0 Å². The molecule has 0 bridgehead atoms. The first-order chi connectivity index (χ1) is 7.19. The molecule has 1 unspecified atom stereocenters. The Morgan fingerprint density at radius 2 is 2.53 bits per heavy atom. The molecule has 3 rings (SSSR count). The van der Waals surface area contributed by atoms with Crippen molar-refractivity contribution in [3.8, 4) is 0 Å². The van der Waals surface area contributed by atoms with Crippen LogP contribution >= 0.6 is 0 Å². The van der Waals surface area contributed by atoms with Crippen LogP contribution in [0.25, 0.3) is 0 Å². The van der Waals surface area contributed by atoms with Crippen molar-refractivity contribution in [1.29, 1.82) is 0 Å². The van der Waals surface area contributed by atoms with Crippen molar-refractivity contribution < 1.29 is 4.79 Å². The first kappa shape index (κ1) is 8.85. The summed E-state index contributed by atoms with van der Waals surface area (Å²) < 4.78 is 0. The van der Waals surface area contributed by atoms with Gasteiger partial charge in [0.2, 0.25) is 0 Å². The van der Waals surface area contributed by atoms with Crippen LogP contribution in [0.3, 0.4) is 0 Å². The van der Waals surface area contributed by atoms with E-state index in [1.54, 1.807) is 24.5 Å². The number of hydrogen-bond donors (Lipinski definition) is 1. The summed E-state index contributed by atoms with van der Waals surface area (Å²) in [6, 6.07) is 3.57. The molecule has 2 heterocycles. The van der Waals surface area contributed by atoms with Gasteiger partial charge in [-0.15, -0.1) is 0 Å². The van der Waals surface area contributed by atoms with Gasteiger partial charge < -0.3 is 10.6 Å². The Hall–Kier alpha value is -1.42. The number of aromatic nitrogens is 1. The molecule has 4 nitrogen and oxygen atoms in total. The van der Waals surface area contributed by atoms with Gasteiger partial charge in [0.1, 0.15) is 0 Å². The second-order valence-corrected chi connectivity index (χ2v) is 4.56. The van der Waals surface area contributed by atoms with Gasteiger partial charge in [0.15, 0.2) is 0 Å². The Morgan fingerprint density at radius 1 is 1.67 bits per heavy atom. The third-order valence-electron chi connectivity index (χ3n) is 3.40. The molecule has 1 saturated carbocycles. The van der Waals surface area contributed by atoms with E-state index in [2.05, 4.69) is 4.98 Å². The van der Waals surface area contributed by atoms with Gasteiger partial charge in [0.05, 0.1) is 5.56 Å². The Morgan fingerprint density at radius 3 is 3.13 bits per heavy atom. The molecule has 2 atom stereocenters. The molecule has 4 heteroatoms. The second kappa shape index (κ2) is 2.79. The van der Waals surface area contributed by atoms with Gasteiger partial charge in [-0.25, -0.2) is 0 Å². The summed E-state index contributed by atoms with van der Waals surface area (Å²) in [5, 5.41) is 0. The lowest BCUT2D eigenvalue weighted by atomic mass is 10.2. The fourth-order valence-corrected chi connectivity index (χ4v) is 2.35. The molecule has 15 heavy (non-hydrogen) atoms. The van der Waals surface area contributed by atoms with Crippen molar-refractivity contribution in [1.82, 2.24) is 9.88 Å². The molecule has 0 radical (unpaired) electrons. The standard InChI is InChI=1S/C11H13N3O/c12-11-4-9(11)6-14(7-11)10(15)8-2-1-3-13-5-8/h1-3,5,9H,4,6-7,12H2/t9?,11-/m1/s1. The number of likely N-dealkylation sites (tertiary alicyclic amines) is 1. The zero-order valence-corrected chi connectivity index (χ0v) is 8.39. The minimum absolute atomic E-state index is 0.0557. The third kappa shape index (κ3) is 1.33. The average molecular weight is 203 g/mol. The monoisotopic (exact) mass is 203 g/mol. The van der Waals surface area contributed by atoms with Gasteiger partial charge in [-0.1, -0.05) is 0 Å². The van der Waals surface area contributed by atoms with Crippen LogP contribution in [0.5, 0.6) is 0 Å². The number of piperidine rings is 1. The molecule has 2 fully saturated rings. The fraction of sp³-hybridized carbons (Fsp3) is 0.455. The van der Waals surface area contributed by atoms with E-state index in [4.69, 9.17) is 5.73 Å². The maximum absolute atomic E-state index is 12.0. The van der Waals surface area contributed by atoms with Crippen molar-refractivity contribution in [2.75, 3.05) is 13.1 Å². The first-order valence-electron chi connectivity index (χ1n) is 5.17. The number of pyridine rings is 1. The van der Waals surface area contributed by atoms with Crippen LogP contribution in [-0.4, -0.2) is 34.4 Å². The molecular weight excluding hydrogens is 190 g/mol. The maximum atomic E-state index is 12.0. The van der Waals surface area contributed by atoms with Gasteiger partial charge in [-0.3, -0.25) is 9.78 Å². The smallest absolute Gasteiger partial charge is 0.255 e. The van der Waals surface area contributed by atoms with Crippen LogP contribution in [0.1, 0.15) is 16.8 Å². The van der Waals surface area contributed by atoms with E-state index in [0.717, 1.165) is 13.0 Å². The van der Waals surface area contributed by atoms with Gasteiger partial charge >= 0.3 is 0 Å². The van der Waals surface area contributed by atoms with Crippen molar-refractivity contribution in [2.45, 2.75) is 12.0 Å². The summed E-state index contributed by atoms with van der Waals surface area (Å²) in [6.07, 6.45) is 4.35. The third-order valence-corrected chi connectivity index (χ3v) is 3.40. The molecule has 1 saturated heterocycles. The average Bonchev–Trinajstić information content (AvgIpc) is 2.77. The van der Waals surface area contributed by atoms with E-state index in [1.807, 2.05) is 4.90 Å². The Bertz CT molecular complexity index is 406. The Labute approximate surface area is 88.1 Å². The van der Waals surface area contributed by atoms with Crippen LogP contribution in [0.15, 0.2) is 24.5 Å². The van der Waals surface area contributed by atoms with Crippen molar-refractivity contribution in [2.24, 2.45) is 11.7 Å². The number of rotatable bonds is 1. The Kier molecular flexibility index (Phi) is 1.65. The lowest BCUT2D eigenvalue weighted by molar-refractivity contribution is 0.0772. The van der Waals surface area contributed by atoms with Gasteiger partial charge in [-0.05, 0) is 24.5 Å². The quantitative estimate of drug-likeness (QED) is 0.712. The lowest BCUT2D eigenvalue weighted by Crippen LogP contribution is -2.37. The predicted molar refractivity (Wildman–Crippen MR) is 55.2 cm³/mol. The predicted octanol–water partition coefficient (Wildman–Crippen LogP) is 0.255. The SMILES string of the molecule is N[C@@]12CC1CN(C(=O)c1cccnc1)C2. The van der Waals surface area contributed by atoms with Crippen molar-refractivity contribution >= 4 is 5.91 Å². The minimum atomic E-state index is -0.0716. The highest BCUT2D eigenvalue weighted by Gasteiger charge is 2.58. The largest absolute Gasteiger partial charge is 0.336 e. The van der Waals surface area contributed by atoms with Crippen molar-refractivity contribution in [3.05, 3.63) is 30.1 Å². The second-order valence-electron chi connectivity index (χ2n) is 4.56. The molecule has 1 aromatic heterocycles. The number of nitrogens with zero attached hydrogens (tertiary/aromatic N) is 2. The van der Waals surface area contributed by atoms with Gasteiger partial charge in [-0.2, -0.15) is 0 Å². The molecule has 78 valence electrons. The summed E-state index contributed by atoms with van der Waals surface area (Å²) >= 11 is 0. The number of hydrogen-bond acceptors (Lipinski definition) is 3. The van der Waals surface area contributed by atoms with Crippen molar-refractivity contribution in [3.63, 3.8) is 0 Å². The summed E-state index contributed by atoms with van der Waals surface area (Å²) in [7, 11) is 0. The summed E-state index contributed by atoms with van der Waals surface area (Å²) in [5.41, 5.74) is 6.63. The molecule has 0 spiro atoms. The normalized spacial score (nSPS) is 32.6. The van der Waals surface area contributed by atoms with E-state index in [-0.39, 0.29) is 11.4 Å². The fourth-order valence-electron chi connectivity index (χ4n) is 2.35. The number of carbonyl (C=O) groups is 1.